The molecule has 1 unspecified atom stereocenters. The van der Waals surface area contributed by atoms with Crippen LogP contribution in [-0.2, 0) is 9.53 Å². The number of halogens is 1. The first-order chi connectivity index (χ1) is 10.1. The fraction of sp³-hybridized carbons (Fsp3) is 0.438. The number of ether oxygens (including phenoxy) is 1. The summed E-state index contributed by atoms with van der Waals surface area (Å²) in [5, 5.41) is 0.623. The number of carbonyl (C=O) groups is 1. The second-order valence-corrected chi connectivity index (χ2v) is 6.53. The lowest BCUT2D eigenvalue weighted by molar-refractivity contribution is -0.919. The Labute approximate surface area is 135 Å². The molecule has 1 N–H and O–H groups in total. The molecule has 114 valence electrons. The van der Waals surface area contributed by atoms with Crippen LogP contribution in [-0.4, -0.2) is 32.4 Å². The molecule has 0 amide bonds. The van der Waals surface area contributed by atoms with E-state index in [9.17, 15) is 4.79 Å². The molecular formula is C16H21ClNO2S+. The van der Waals surface area contributed by atoms with Gasteiger partial charge in [0.1, 0.15) is 6.54 Å². The predicted molar refractivity (Wildman–Crippen MR) is 87.7 cm³/mol. The van der Waals surface area contributed by atoms with Gasteiger partial charge in [0.2, 0.25) is 6.04 Å². The van der Waals surface area contributed by atoms with Gasteiger partial charge in [0.05, 0.1) is 18.7 Å². The summed E-state index contributed by atoms with van der Waals surface area (Å²) in [6, 6.07) is 7.17. The summed E-state index contributed by atoms with van der Waals surface area (Å²) in [6.07, 6.45) is 3.11. The number of hydrogen-bond acceptors (Lipinski definition) is 3. The highest BCUT2D eigenvalue weighted by Gasteiger charge is 2.36. The summed E-state index contributed by atoms with van der Waals surface area (Å²) in [5.41, 5.74) is 2.20. The topological polar surface area (TPSA) is 30.7 Å². The summed E-state index contributed by atoms with van der Waals surface area (Å²) in [4.78, 5) is 14.9. The molecule has 1 aromatic carbocycles. The van der Waals surface area contributed by atoms with Gasteiger partial charge in [-0.1, -0.05) is 29.8 Å². The quantitative estimate of drug-likeness (QED) is 0.862. The van der Waals surface area contributed by atoms with Crippen molar-refractivity contribution in [3.63, 3.8) is 0 Å². The van der Waals surface area contributed by atoms with Crippen molar-refractivity contribution in [1.82, 2.24) is 0 Å². The maximum Gasteiger partial charge on any atom is 0.369 e. The molecule has 3 nitrogen and oxygen atoms in total. The molecule has 0 bridgehead atoms. The van der Waals surface area contributed by atoms with Crippen LogP contribution in [0.3, 0.4) is 0 Å². The van der Waals surface area contributed by atoms with Crippen LogP contribution in [0.25, 0.3) is 0 Å². The Morgan fingerprint density at radius 1 is 1.43 bits per heavy atom. The van der Waals surface area contributed by atoms with E-state index in [-0.39, 0.29) is 12.0 Å². The number of rotatable bonds is 4. The summed E-state index contributed by atoms with van der Waals surface area (Å²) in [7, 11) is 1.44. The molecule has 1 aliphatic heterocycles. The van der Waals surface area contributed by atoms with Crippen LogP contribution in [0.4, 0.5) is 0 Å². The maximum atomic E-state index is 12.3. The van der Waals surface area contributed by atoms with Gasteiger partial charge in [-0.3, -0.25) is 0 Å². The summed E-state index contributed by atoms with van der Waals surface area (Å²) in [5.74, 6) is -0.224. The first-order valence-electron chi connectivity index (χ1n) is 6.98. The van der Waals surface area contributed by atoms with E-state index in [1.165, 1.54) is 22.5 Å². The molecule has 0 spiro atoms. The zero-order valence-electron chi connectivity index (χ0n) is 12.6. The molecule has 0 saturated heterocycles. The Kier molecular flexibility index (Phi) is 5.73. The van der Waals surface area contributed by atoms with Crippen molar-refractivity contribution >= 4 is 29.3 Å². The normalized spacial score (nSPS) is 20.3. The van der Waals surface area contributed by atoms with Crippen molar-refractivity contribution in [2.75, 3.05) is 26.5 Å². The Hall–Kier alpha value is -0.970. The lowest BCUT2D eigenvalue weighted by atomic mass is 10.0. The molecule has 1 aliphatic rings. The second-order valence-electron chi connectivity index (χ2n) is 5.22. The lowest BCUT2D eigenvalue weighted by Gasteiger charge is -2.31. The number of methoxy groups -OCH3 is 1. The van der Waals surface area contributed by atoms with Gasteiger partial charge in [-0.15, -0.1) is 11.8 Å². The molecule has 21 heavy (non-hydrogen) atoms. The summed E-state index contributed by atoms with van der Waals surface area (Å²) >= 11 is 8.10. The number of benzene rings is 1. The smallest absolute Gasteiger partial charge is 0.369 e. The van der Waals surface area contributed by atoms with E-state index >= 15 is 0 Å². The highest BCUT2D eigenvalue weighted by molar-refractivity contribution is 8.02. The monoisotopic (exact) mass is 326 g/mol. The van der Waals surface area contributed by atoms with Crippen LogP contribution in [0.2, 0.25) is 5.02 Å². The SMILES string of the molecule is COC(=O)[C@H](c1ccccc1Cl)[NH+]1CCC(SC)=C(C)C1. The van der Waals surface area contributed by atoms with E-state index < -0.39 is 0 Å². The van der Waals surface area contributed by atoms with Crippen LogP contribution in [0.1, 0.15) is 24.9 Å². The Bertz CT molecular complexity index is 559. The third-order valence-corrected chi connectivity index (χ3v) is 5.34. The molecular weight excluding hydrogens is 306 g/mol. The Morgan fingerprint density at radius 2 is 2.14 bits per heavy atom. The van der Waals surface area contributed by atoms with Crippen molar-refractivity contribution in [2.45, 2.75) is 19.4 Å². The summed E-state index contributed by atoms with van der Waals surface area (Å²) < 4.78 is 5.02. The lowest BCUT2D eigenvalue weighted by Crippen LogP contribution is -3.14. The van der Waals surface area contributed by atoms with E-state index in [4.69, 9.17) is 16.3 Å². The number of quaternary nitrogens is 1. The van der Waals surface area contributed by atoms with Crippen LogP contribution >= 0.6 is 23.4 Å². The number of thioether (sulfide) groups is 1. The van der Waals surface area contributed by atoms with Gasteiger partial charge in [0.25, 0.3) is 0 Å². The zero-order valence-corrected chi connectivity index (χ0v) is 14.2. The number of esters is 1. The molecule has 0 fully saturated rings. The largest absolute Gasteiger partial charge is 0.464 e. The number of carbonyl (C=O) groups excluding carboxylic acids is 1. The average Bonchev–Trinajstić information content (AvgIpc) is 2.49. The van der Waals surface area contributed by atoms with Gasteiger partial charge in [0, 0.05) is 12.0 Å². The van der Waals surface area contributed by atoms with E-state index in [2.05, 4.69) is 13.2 Å². The van der Waals surface area contributed by atoms with Gasteiger partial charge < -0.3 is 9.64 Å². The second kappa shape index (κ2) is 7.34. The van der Waals surface area contributed by atoms with E-state index in [0.717, 1.165) is 25.1 Å². The molecule has 0 radical (unpaired) electrons. The Morgan fingerprint density at radius 3 is 2.71 bits per heavy atom. The van der Waals surface area contributed by atoms with Crippen molar-refractivity contribution in [1.29, 1.82) is 0 Å². The van der Waals surface area contributed by atoms with Gasteiger partial charge in [-0.25, -0.2) is 4.79 Å². The molecule has 0 aliphatic carbocycles. The predicted octanol–water partition coefficient (Wildman–Crippen LogP) is 2.48. The van der Waals surface area contributed by atoms with Crippen LogP contribution < -0.4 is 4.90 Å². The van der Waals surface area contributed by atoms with E-state index in [1.807, 2.05) is 24.3 Å². The molecule has 5 heteroatoms. The molecule has 1 heterocycles. The van der Waals surface area contributed by atoms with Crippen molar-refractivity contribution < 1.29 is 14.4 Å². The molecule has 2 rings (SSSR count). The molecule has 0 saturated carbocycles. The number of nitrogens with one attached hydrogen (secondary N) is 1. The van der Waals surface area contributed by atoms with Crippen LogP contribution in [0, 0.1) is 0 Å². The van der Waals surface area contributed by atoms with Crippen molar-refractivity contribution in [2.24, 2.45) is 0 Å². The van der Waals surface area contributed by atoms with E-state index in [0.29, 0.717) is 5.02 Å². The van der Waals surface area contributed by atoms with Gasteiger partial charge in [-0.2, -0.15) is 0 Å². The Balaban J connectivity index is 2.33. The minimum absolute atomic E-state index is 0.224. The molecule has 1 aromatic rings. The molecule has 0 aromatic heterocycles. The first kappa shape index (κ1) is 16.4. The van der Waals surface area contributed by atoms with Gasteiger partial charge >= 0.3 is 5.97 Å². The zero-order chi connectivity index (χ0) is 15.4. The third-order valence-electron chi connectivity index (χ3n) is 3.95. The minimum Gasteiger partial charge on any atom is -0.464 e. The summed E-state index contributed by atoms with van der Waals surface area (Å²) in [6.45, 7) is 3.91. The van der Waals surface area contributed by atoms with Crippen molar-refractivity contribution in [3.8, 4) is 0 Å². The highest BCUT2D eigenvalue weighted by atomic mass is 35.5. The van der Waals surface area contributed by atoms with Crippen LogP contribution in [0.15, 0.2) is 34.7 Å². The first-order valence-corrected chi connectivity index (χ1v) is 8.58. The van der Waals surface area contributed by atoms with Gasteiger partial charge in [0.15, 0.2) is 0 Å². The standard InChI is InChI=1S/C16H20ClNO2S/c1-11-10-18(9-8-14(11)21-3)15(16(19)20-2)12-6-4-5-7-13(12)17/h4-7,15H,8-10H2,1-3H3/p+1/t15-/m0/s1. The van der Waals surface area contributed by atoms with Crippen LogP contribution in [0.5, 0.6) is 0 Å². The fourth-order valence-electron chi connectivity index (χ4n) is 2.88. The highest BCUT2D eigenvalue weighted by Crippen LogP contribution is 2.25. The van der Waals surface area contributed by atoms with E-state index in [1.54, 1.807) is 11.8 Å². The van der Waals surface area contributed by atoms with Gasteiger partial charge in [-0.05, 0) is 29.7 Å². The average molecular weight is 327 g/mol. The number of hydrogen-bond donors (Lipinski definition) is 1. The third kappa shape index (κ3) is 3.62. The maximum absolute atomic E-state index is 12.3. The fourth-order valence-corrected chi connectivity index (χ4v) is 3.85. The minimum atomic E-state index is -0.359. The van der Waals surface area contributed by atoms with Crippen molar-refractivity contribution in [3.05, 3.63) is 45.3 Å². The molecule has 2 atom stereocenters.